The fraction of sp³-hybridized carbons (Fsp3) is 0.524. The lowest BCUT2D eigenvalue weighted by atomic mass is 10.0. The Morgan fingerprint density at radius 1 is 1.34 bits per heavy atom. The van der Waals surface area contributed by atoms with E-state index in [-0.39, 0.29) is 18.2 Å². The van der Waals surface area contributed by atoms with Crippen LogP contribution in [0.25, 0.3) is 0 Å². The molecule has 17 heteroatoms. The van der Waals surface area contributed by atoms with Crippen molar-refractivity contribution in [1.29, 1.82) is 0 Å². The number of ketones is 1. The predicted octanol–water partition coefficient (Wildman–Crippen LogP) is 1.58. The first-order chi connectivity index (χ1) is 18.0. The van der Waals surface area contributed by atoms with E-state index in [0.717, 1.165) is 17.6 Å². The number of carbonyl (C=O) groups excluding carboxylic acids is 4. The highest BCUT2D eigenvalue weighted by molar-refractivity contribution is 8.00. The van der Waals surface area contributed by atoms with Crippen molar-refractivity contribution >= 4 is 89.3 Å². The van der Waals surface area contributed by atoms with Crippen molar-refractivity contribution in [3.05, 3.63) is 22.3 Å². The van der Waals surface area contributed by atoms with Gasteiger partial charge < -0.3 is 19.6 Å². The summed E-state index contributed by atoms with van der Waals surface area (Å²) in [5, 5.41) is 9.05. The minimum atomic E-state index is -1.33. The molecule has 12 nitrogen and oxygen atoms in total. The van der Waals surface area contributed by atoms with Crippen LogP contribution in [0.5, 0.6) is 0 Å². The number of hydrogen-bond acceptors (Lipinski definition) is 13. The number of aromatic nitrogens is 2. The van der Waals surface area contributed by atoms with Gasteiger partial charge in [-0.2, -0.15) is 0 Å². The van der Waals surface area contributed by atoms with Gasteiger partial charge in [0.1, 0.15) is 24.2 Å². The van der Waals surface area contributed by atoms with Gasteiger partial charge in [0, 0.05) is 26.0 Å². The molecule has 1 aromatic rings. The molecule has 1 fully saturated rings. The molecule has 0 saturated carbocycles. The fourth-order valence-electron chi connectivity index (χ4n) is 3.38. The maximum atomic E-state index is 13.2. The average molecular weight is 620 g/mol. The second-order valence-corrected chi connectivity index (χ2v) is 17.4. The quantitative estimate of drug-likeness (QED) is 0.0293. The van der Waals surface area contributed by atoms with E-state index in [1.54, 1.807) is 0 Å². The van der Waals surface area contributed by atoms with Crippen LogP contribution in [0.2, 0.25) is 25.7 Å². The van der Waals surface area contributed by atoms with Gasteiger partial charge in [-0.25, -0.2) is 4.79 Å². The third kappa shape index (κ3) is 7.03. The van der Waals surface area contributed by atoms with Gasteiger partial charge in [0.2, 0.25) is 11.5 Å². The molecular weight excluding hydrogens is 594 g/mol. The molecule has 206 valence electrons. The van der Waals surface area contributed by atoms with Crippen LogP contribution in [0.4, 0.5) is 0 Å². The Morgan fingerprint density at radius 3 is 2.68 bits per heavy atom. The van der Waals surface area contributed by atoms with Gasteiger partial charge in [-0.3, -0.25) is 19.3 Å². The molecule has 1 saturated heterocycles. The molecule has 1 aromatic heterocycles. The number of hydrogen-bond donors (Lipinski definition) is 1. The van der Waals surface area contributed by atoms with Crippen molar-refractivity contribution < 1.29 is 33.5 Å². The molecule has 2 aliphatic heterocycles. The van der Waals surface area contributed by atoms with Crippen molar-refractivity contribution in [2.45, 2.75) is 37.1 Å². The molecule has 0 radical (unpaired) electrons. The summed E-state index contributed by atoms with van der Waals surface area (Å²) in [6, 6.07) is -0.139. The molecule has 0 aliphatic carbocycles. The van der Waals surface area contributed by atoms with Gasteiger partial charge in [-0.1, -0.05) is 41.5 Å². The number of Topliss-reactive ketones (excluding diaryl/α,β-unsaturated/α-hetero) is 1. The minimum Gasteiger partial charge on any atom is -0.434 e. The van der Waals surface area contributed by atoms with Gasteiger partial charge in [-0.15, -0.1) is 28.5 Å². The number of nitrogens with one attached hydrogen (secondary N) is 1. The van der Waals surface area contributed by atoms with Gasteiger partial charge in [-0.05, 0) is 17.6 Å². The minimum absolute atomic E-state index is 0.0286. The number of fused-ring (bicyclic) bond motifs is 1. The zero-order valence-corrected chi connectivity index (χ0v) is 25.2. The maximum absolute atomic E-state index is 13.2. The summed E-state index contributed by atoms with van der Waals surface area (Å²) >= 11 is 13.5. The lowest BCUT2D eigenvalue weighted by Gasteiger charge is -2.49. The molecule has 0 spiro atoms. The van der Waals surface area contributed by atoms with Crippen LogP contribution in [-0.4, -0.2) is 100 Å². The maximum Gasteiger partial charge on any atom is 0.357 e. The number of carbonyl (C=O) groups is 4. The van der Waals surface area contributed by atoms with Gasteiger partial charge in [0.15, 0.2) is 6.79 Å². The fourth-order valence-corrected chi connectivity index (χ4v) is 6.53. The Hall–Kier alpha value is -2.24. The van der Waals surface area contributed by atoms with Crippen molar-refractivity contribution in [3.63, 3.8) is 0 Å². The van der Waals surface area contributed by atoms with Crippen LogP contribution in [0.15, 0.2) is 22.6 Å². The van der Waals surface area contributed by atoms with E-state index in [1.807, 2.05) is 0 Å². The SMILES string of the molecule is CO/N=C(/C(=O)CCl)C(=O)NC1C(=O)N2C(C(=O)OCOCC[Si](C)(C)C)=C(C(=S)c3cnns3)CS[C@@H]12. The largest absolute Gasteiger partial charge is 0.434 e. The summed E-state index contributed by atoms with van der Waals surface area (Å²) in [6.07, 6.45) is 1.48. The van der Waals surface area contributed by atoms with Gasteiger partial charge >= 0.3 is 5.97 Å². The van der Waals surface area contributed by atoms with Gasteiger partial charge in [0.05, 0.1) is 21.8 Å². The smallest absolute Gasteiger partial charge is 0.357 e. The Kier molecular flexibility index (Phi) is 10.5. The third-order valence-electron chi connectivity index (χ3n) is 5.36. The van der Waals surface area contributed by atoms with Crippen LogP contribution in [-0.2, 0) is 33.5 Å². The van der Waals surface area contributed by atoms with Crippen molar-refractivity contribution in [3.8, 4) is 0 Å². The average Bonchev–Trinajstić information content (AvgIpc) is 3.42. The number of alkyl halides is 1. The number of thiocarbonyl (C=S) groups is 1. The third-order valence-corrected chi connectivity index (χ3v) is 9.86. The molecular formula is C21H26ClN5O7S3Si. The number of ether oxygens (including phenoxy) is 2. The van der Waals surface area contributed by atoms with E-state index in [4.69, 9.17) is 33.3 Å². The van der Waals surface area contributed by atoms with Gasteiger partial charge in [0.25, 0.3) is 11.8 Å². The van der Waals surface area contributed by atoms with Crippen molar-refractivity contribution in [1.82, 2.24) is 19.8 Å². The highest BCUT2D eigenvalue weighted by Crippen LogP contribution is 2.41. The zero-order valence-electron chi connectivity index (χ0n) is 21.0. The summed E-state index contributed by atoms with van der Waals surface area (Å²) in [6.45, 7) is 6.77. The topological polar surface area (TPSA) is 149 Å². The highest BCUT2D eigenvalue weighted by atomic mass is 35.5. The van der Waals surface area contributed by atoms with E-state index in [1.165, 1.54) is 30.0 Å². The summed E-state index contributed by atoms with van der Waals surface area (Å²) in [5.41, 5.74) is -0.185. The van der Waals surface area contributed by atoms with Crippen LogP contribution in [0, 0.1) is 0 Å². The summed E-state index contributed by atoms with van der Waals surface area (Å²) in [7, 11) is -0.156. The molecule has 38 heavy (non-hydrogen) atoms. The van der Waals surface area contributed by atoms with Crippen LogP contribution >= 0.6 is 47.1 Å². The Balaban J connectivity index is 1.80. The first-order valence-electron chi connectivity index (χ1n) is 11.3. The number of halogens is 1. The number of nitrogens with zero attached hydrogens (tertiary/aromatic N) is 4. The number of rotatable bonds is 13. The highest BCUT2D eigenvalue weighted by Gasteiger charge is 2.55. The van der Waals surface area contributed by atoms with Crippen molar-refractivity contribution in [2.75, 3.05) is 32.1 Å². The number of oxime groups is 1. The van der Waals surface area contributed by atoms with E-state index in [0.29, 0.717) is 21.9 Å². The number of esters is 1. The van der Waals surface area contributed by atoms with E-state index in [9.17, 15) is 19.2 Å². The molecule has 0 aromatic carbocycles. The molecule has 3 rings (SSSR count). The number of β-lactam (4-membered cyclic amide) rings is 1. The molecule has 1 N–H and O–H groups in total. The number of thioether (sulfide) groups is 1. The molecule has 3 heterocycles. The lowest BCUT2D eigenvalue weighted by Crippen LogP contribution is -2.71. The second-order valence-electron chi connectivity index (χ2n) is 9.25. The lowest BCUT2D eigenvalue weighted by molar-refractivity contribution is -0.159. The normalized spacial score (nSPS) is 19.4. The predicted molar refractivity (Wildman–Crippen MR) is 149 cm³/mol. The first-order valence-corrected chi connectivity index (χ1v) is 17.7. The van der Waals surface area contributed by atoms with E-state index < -0.39 is 54.6 Å². The first kappa shape index (κ1) is 30.3. The molecule has 2 aliphatic rings. The van der Waals surface area contributed by atoms with E-state index in [2.05, 4.69) is 44.5 Å². The standard InChI is InChI=1S/C21H26ClN5O7S3Si/c1-32-25-14(12(28)7-22)18(29)24-15-19(30)27-16(21(31)34-10-33-5-6-38(2,3)4)11(9-36-20(15)27)17(35)13-8-23-26-37-13/h8,15,20H,5-7,9-10H2,1-4H3,(H,24,29)/b25-14-/t15?,20-/m0/s1. The summed E-state index contributed by atoms with van der Waals surface area (Å²) in [4.78, 5) is 57.7. The molecule has 2 atom stereocenters. The molecule has 2 amide bonds. The summed E-state index contributed by atoms with van der Waals surface area (Å²) < 4.78 is 14.7. The van der Waals surface area contributed by atoms with Crippen LogP contribution in [0.3, 0.4) is 0 Å². The second kappa shape index (κ2) is 13.2. The Bertz CT molecular complexity index is 1170. The molecule has 1 unspecified atom stereocenters. The van der Waals surface area contributed by atoms with E-state index >= 15 is 0 Å². The molecule has 0 bridgehead atoms. The van der Waals surface area contributed by atoms with Crippen LogP contribution in [0.1, 0.15) is 4.88 Å². The summed E-state index contributed by atoms with van der Waals surface area (Å²) in [5.74, 6) is -3.30. The monoisotopic (exact) mass is 619 g/mol. The Labute approximate surface area is 238 Å². The van der Waals surface area contributed by atoms with Crippen LogP contribution < -0.4 is 5.32 Å². The van der Waals surface area contributed by atoms with Crippen molar-refractivity contribution in [2.24, 2.45) is 5.16 Å². The zero-order chi connectivity index (χ0) is 28.0. The number of amides is 2. The Morgan fingerprint density at radius 2 is 2.08 bits per heavy atom.